The quantitative estimate of drug-likeness (QED) is 0.500. The van der Waals surface area contributed by atoms with Gasteiger partial charge in [-0.05, 0) is 36.4 Å². The highest BCUT2D eigenvalue weighted by Crippen LogP contribution is 2.29. The van der Waals surface area contributed by atoms with Crippen molar-refractivity contribution in [2.45, 2.75) is 0 Å². The van der Waals surface area contributed by atoms with Crippen LogP contribution >= 0.6 is 0 Å². The lowest BCUT2D eigenvalue weighted by atomic mass is 10.1. The molecule has 0 saturated heterocycles. The van der Waals surface area contributed by atoms with Crippen LogP contribution < -0.4 is 10.2 Å². The van der Waals surface area contributed by atoms with Gasteiger partial charge >= 0.3 is 0 Å². The summed E-state index contributed by atoms with van der Waals surface area (Å²) < 4.78 is 11.7. The van der Waals surface area contributed by atoms with E-state index in [2.05, 4.69) is 0 Å². The molecule has 0 spiro atoms. The van der Waals surface area contributed by atoms with E-state index in [-0.39, 0.29) is 5.43 Å². The minimum atomic E-state index is -0.0802. The highest BCUT2D eigenvalue weighted by molar-refractivity contribution is 5.93. The number of rotatable bonds is 2. The van der Waals surface area contributed by atoms with Crippen molar-refractivity contribution >= 4 is 21.9 Å². The third-order valence-corrected chi connectivity index (χ3v) is 3.54. The normalized spacial score (nSPS) is 10.9. The molecule has 0 amide bonds. The molecule has 0 aliphatic heterocycles. The van der Waals surface area contributed by atoms with Crippen molar-refractivity contribution in [2.75, 3.05) is 0 Å². The average molecular weight is 288 g/mol. The van der Waals surface area contributed by atoms with E-state index in [1.165, 1.54) is 0 Å². The fourth-order valence-corrected chi connectivity index (χ4v) is 2.52. The zero-order valence-corrected chi connectivity index (χ0v) is 11.7. The molecule has 106 valence electrons. The van der Waals surface area contributed by atoms with Crippen LogP contribution in [-0.4, -0.2) is 0 Å². The topological polar surface area (TPSA) is 39.4 Å². The predicted molar refractivity (Wildman–Crippen MR) is 86.5 cm³/mol. The number of fused-ring (bicyclic) bond motifs is 2. The second-order valence-electron chi connectivity index (χ2n) is 4.97. The first kappa shape index (κ1) is 12.7. The maximum Gasteiger partial charge on any atom is 0.204 e. The molecule has 4 rings (SSSR count). The molecule has 1 aromatic heterocycles. The van der Waals surface area contributed by atoms with E-state index >= 15 is 0 Å². The number of hydrogen-bond donors (Lipinski definition) is 0. The summed E-state index contributed by atoms with van der Waals surface area (Å²) in [7, 11) is 0. The molecule has 0 atom stereocenters. The summed E-state index contributed by atoms with van der Waals surface area (Å²) in [6, 6.07) is 22.0. The Labute approximate surface area is 126 Å². The molecule has 0 bridgehead atoms. The van der Waals surface area contributed by atoms with E-state index < -0.39 is 0 Å². The van der Waals surface area contributed by atoms with Gasteiger partial charge in [0.1, 0.15) is 28.1 Å². The van der Waals surface area contributed by atoms with Crippen LogP contribution in [0.1, 0.15) is 0 Å². The molecule has 4 aromatic rings. The molecule has 0 saturated carbocycles. The van der Waals surface area contributed by atoms with Gasteiger partial charge in [-0.1, -0.05) is 36.4 Å². The van der Waals surface area contributed by atoms with Gasteiger partial charge in [0.05, 0.1) is 5.39 Å². The molecular weight excluding hydrogens is 276 g/mol. The zero-order chi connectivity index (χ0) is 14.9. The van der Waals surface area contributed by atoms with E-state index in [1.807, 2.05) is 48.5 Å². The summed E-state index contributed by atoms with van der Waals surface area (Å²) in [6.07, 6.45) is 0. The molecular formula is C19H12O3. The maximum atomic E-state index is 12.8. The van der Waals surface area contributed by atoms with Crippen LogP contribution in [0.3, 0.4) is 0 Å². The lowest BCUT2D eigenvalue weighted by Gasteiger charge is -2.08. The minimum Gasteiger partial charge on any atom is -0.456 e. The Morgan fingerprint density at radius 2 is 1.45 bits per heavy atom. The Bertz CT molecular complexity index is 1020. The highest BCUT2D eigenvalue weighted by atomic mass is 16.5. The van der Waals surface area contributed by atoms with Crippen LogP contribution in [0.15, 0.2) is 82.0 Å². The molecule has 0 radical (unpaired) electrons. The molecule has 0 fully saturated rings. The Morgan fingerprint density at radius 3 is 2.32 bits per heavy atom. The third-order valence-electron chi connectivity index (χ3n) is 3.54. The first-order chi connectivity index (χ1) is 10.8. The Balaban J connectivity index is 2.00. The van der Waals surface area contributed by atoms with Crippen LogP contribution in [-0.2, 0) is 0 Å². The van der Waals surface area contributed by atoms with E-state index in [0.29, 0.717) is 33.4 Å². The first-order valence-electron chi connectivity index (χ1n) is 7.00. The second-order valence-corrected chi connectivity index (χ2v) is 4.97. The van der Waals surface area contributed by atoms with E-state index in [9.17, 15) is 4.79 Å². The van der Waals surface area contributed by atoms with Crippen molar-refractivity contribution in [1.82, 2.24) is 0 Å². The summed E-state index contributed by atoms with van der Waals surface area (Å²) in [5.41, 5.74) is 1.03. The van der Waals surface area contributed by atoms with Gasteiger partial charge in [-0.15, -0.1) is 0 Å². The molecule has 1 heterocycles. The van der Waals surface area contributed by atoms with Gasteiger partial charge in [-0.2, -0.15) is 0 Å². The van der Waals surface area contributed by atoms with E-state index in [4.69, 9.17) is 9.15 Å². The average Bonchev–Trinajstić information content (AvgIpc) is 2.56. The lowest BCUT2D eigenvalue weighted by molar-refractivity contribution is 0.487. The van der Waals surface area contributed by atoms with Gasteiger partial charge in [0.25, 0.3) is 0 Å². The van der Waals surface area contributed by atoms with Crippen LogP contribution in [0, 0.1) is 0 Å². The summed E-state index contributed by atoms with van der Waals surface area (Å²) in [5.74, 6) is 1.19. The molecule has 0 N–H and O–H groups in total. The van der Waals surface area contributed by atoms with Crippen molar-refractivity contribution in [2.24, 2.45) is 0 Å². The van der Waals surface area contributed by atoms with Gasteiger partial charge in [0.2, 0.25) is 5.43 Å². The standard InChI is InChI=1S/C19H12O3/c20-19-14-9-4-5-10-15(14)22-17-12-6-11-16(18(17)19)21-13-7-2-1-3-8-13/h1-12H. The van der Waals surface area contributed by atoms with Crippen molar-refractivity contribution in [3.63, 3.8) is 0 Å². The smallest absolute Gasteiger partial charge is 0.204 e. The SMILES string of the molecule is O=c1c2ccccc2oc2cccc(Oc3ccccc3)c12. The summed E-state index contributed by atoms with van der Waals surface area (Å²) >= 11 is 0. The van der Waals surface area contributed by atoms with Crippen molar-refractivity contribution in [3.8, 4) is 11.5 Å². The predicted octanol–water partition coefficient (Wildman–Crippen LogP) is 4.74. The molecule has 3 nitrogen and oxygen atoms in total. The van der Waals surface area contributed by atoms with Crippen LogP contribution in [0.2, 0.25) is 0 Å². The van der Waals surface area contributed by atoms with Gasteiger partial charge in [-0.25, -0.2) is 0 Å². The largest absolute Gasteiger partial charge is 0.456 e. The number of benzene rings is 3. The lowest BCUT2D eigenvalue weighted by Crippen LogP contribution is -2.03. The van der Waals surface area contributed by atoms with E-state index in [0.717, 1.165) is 0 Å². The first-order valence-corrected chi connectivity index (χ1v) is 7.00. The molecule has 3 heteroatoms. The minimum absolute atomic E-state index is 0.0802. The molecule has 0 aliphatic carbocycles. The fourth-order valence-electron chi connectivity index (χ4n) is 2.52. The Hall–Kier alpha value is -3.07. The van der Waals surface area contributed by atoms with Gasteiger partial charge < -0.3 is 9.15 Å². The zero-order valence-electron chi connectivity index (χ0n) is 11.7. The summed E-state index contributed by atoms with van der Waals surface area (Å²) in [6.45, 7) is 0. The fraction of sp³-hybridized carbons (Fsp3) is 0. The highest BCUT2D eigenvalue weighted by Gasteiger charge is 2.12. The summed E-state index contributed by atoms with van der Waals surface area (Å²) in [5, 5.41) is 1.02. The van der Waals surface area contributed by atoms with Crippen LogP contribution in [0.5, 0.6) is 11.5 Å². The molecule has 0 aliphatic rings. The van der Waals surface area contributed by atoms with Gasteiger partial charge in [0, 0.05) is 0 Å². The van der Waals surface area contributed by atoms with Crippen molar-refractivity contribution in [1.29, 1.82) is 0 Å². The second kappa shape index (κ2) is 5.04. The maximum absolute atomic E-state index is 12.8. The van der Waals surface area contributed by atoms with Gasteiger partial charge in [0.15, 0.2) is 0 Å². The monoisotopic (exact) mass is 288 g/mol. The third kappa shape index (κ3) is 2.04. The van der Waals surface area contributed by atoms with Crippen LogP contribution in [0.25, 0.3) is 21.9 Å². The van der Waals surface area contributed by atoms with Gasteiger partial charge in [-0.3, -0.25) is 4.79 Å². The number of para-hydroxylation sites is 2. The number of ether oxygens (including phenoxy) is 1. The van der Waals surface area contributed by atoms with Crippen LogP contribution in [0.4, 0.5) is 0 Å². The summed E-state index contributed by atoms with van der Waals surface area (Å²) in [4.78, 5) is 12.8. The number of hydrogen-bond acceptors (Lipinski definition) is 3. The van der Waals surface area contributed by atoms with E-state index in [1.54, 1.807) is 24.3 Å². The molecule has 0 unspecified atom stereocenters. The Kier molecular flexibility index (Phi) is 2.90. The van der Waals surface area contributed by atoms with Crippen molar-refractivity contribution < 1.29 is 9.15 Å². The molecule has 22 heavy (non-hydrogen) atoms. The molecule has 3 aromatic carbocycles. The van der Waals surface area contributed by atoms with Crippen molar-refractivity contribution in [3.05, 3.63) is 83.0 Å². The Morgan fingerprint density at radius 1 is 0.727 bits per heavy atom.